The lowest BCUT2D eigenvalue weighted by Crippen LogP contribution is -2.40. The van der Waals surface area contributed by atoms with Crippen molar-refractivity contribution in [3.8, 4) is 0 Å². The minimum Gasteiger partial charge on any atom is -0.311 e. The molecule has 0 aromatic carbocycles. The molecule has 0 radical (unpaired) electrons. The third kappa shape index (κ3) is 2.31. The van der Waals surface area contributed by atoms with Crippen LogP contribution >= 0.6 is 0 Å². The smallest absolute Gasteiger partial charge is 0.0102 e. The summed E-state index contributed by atoms with van der Waals surface area (Å²) >= 11 is 0. The molecule has 0 heterocycles. The number of rotatable bonds is 3. The Morgan fingerprint density at radius 2 is 1.86 bits per heavy atom. The van der Waals surface area contributed by atoms with Gasteiger partial charge < -0.3 is 5.32 Å². The van der Waals surface area contributed by atoms with Gasteiger partial charge in [-0.25, -0.2) is 0 Å². The Kier molecular flexibility index (Phi) is 3.16. The van der Waals surface area contributed by atoms with E-state index < -0.39 is 0 Å². The summed E-state index contributed by atoms with van der Waals surface area (Å²) in [7, 11) is 0. The Labute approximate surface area is 88.7 Å². The maximum Gasteiger partial charge on any atom is 0.0102 e. The van der Waals surface area contributed by atoms with E-state index in [1.54, 1.807) is 0 Å². The van der Waals surface area contributed by atoms with Crippen molar-refractivity contribution in [1.82, 2.24) is 5.32 Å². The normalized spacial score (nSPS) is 47.8. The molecular formula is C13H25N. The van der Waals surface area contributed by atoms with E-state index in [9.17, 15) is 0 Å². The second-order valence-corrected chi connectivity index (χ2v) is 5.68. The predicted octanol–water partition coefficient (Wildman–Crippen LogP) is 3.20. The fourth-order valence-electron chi connectivity index (χ4n) is 3.09. The lowest BCUT2D eigenvalue weighted by atomic mass is 9.80. The second-order valence-electron chi connectivity index (χ2n) is 5.68. The van der Waals surface area contributed by atoms with Gasteiger partial charge in [-0.05, 0) is 43.4 Å². The minimum absolute atomic E-state index is 0.827. The zero-order valence-corrected chi connectivity index (χ0v) is 9.92. The lowest BCUT2D eigenvalue weighted by molar-refractivity contribution is 0.224. The van der Waals surface area contributed by atoms with E-state index in [2.05, 4.69) is 26.1 Å². The first-order chi connectivity index (χ1) is 6.70. The zero-order chi connectivity index (χ0) is 10.1. The predicted molar refractivity (Wildman–Crippen MR) is 61.3 cm³/mol. The van der Waals surface area contributed by atoms with Gasteiger partial charge in [-0.15, -0.1) is 0 Å². The van der Waals surface area contributed by atoms with Gasteiger partial charge in [0.15, 0.2) is 0 Å². The quantitative estimate of drug-likeness (QED) is 0.729. The molecule has 0 aromatic heterocycles. The van der Waals surface area contributed by atoms with E-state index in [4.69, 9.17) is 0 Å². The number of hydrogen-bond acceptors (Lipinski definition) is 1. The van der Waals surface area contributed by atoms with E-state index >= 15 is 0 Å². The summed E-state index contributed by atoms with van der Waals surface area (Å²) in [6.07, 6.45) is 7.09. The van der Waals surface area contributed by atoms with Gasteiger partial charge in [-0.2, -0.15) is 0 Å². The van der Waals surface area contributed by atoms with E-state index in [0.29, 0.717) is 0 Å². The van der Waals surface area contributed by atoms with Crippen LogP contribution in [0, 0.1) is 17.8 Å². The van der Waals surface area contributed by atoms with E-state index in [1.807, 2.05) is 0 Å². The molecule has 0 aliphatic heterocycles. The summed E-state index contributed by atoms with van der Waals surface area (Å²) in [6.45, 7) is 7.15. The number of hydrogen-bond donors (Lipinski definition) is 1. The Morgan fingerprint density at radius 1 is 1.07 bits per heavy atom. The highest BCUT2D eigenvalue weighted by atomic mass is 15.0. The van der Waals surface area contributed by atoms with Crippen LogP contribution < -0.4 is 5.32 Å². The van der Waals surface area contributed by atoms with Crippen molar-refractivity contribution in [3.63, 3.8) is 0 Å². The van der Waals surface area contributed by atoms with Crippen LogP contribution in [0.5, 0.6) is 0 Å². The molecule has 82 valence electrons. The van der Waals surface area contributed by atoms with Crippen LogP contribution in [-0.2, 0) is 0 Å². The molecule has 1 N–H and O–H groups in total. The summed E-state index contributed by atoms with van der Waals surface area (Å²) < 4.78 is 0. The molecule has 5 unspecified atom stereocenters. The maximum absolute atomic E-state index is 3.86. The van der Waals surface area contributed by atoms with Crippen molar-refractivity contribution in [2.75, 3.05) is 0 Å². The molecule has 2 aliphatic rings. The zero-order valence-electron chi connectivity index (χ0n) is 9.92. The highest BCUT2D eigenvalue weighted by molar-refractivity contribution is 4.95. The van der Waals surface area contributed by atoms with Gasteiger partial charge in [0.2, 0.25) is 0 Å². The second kappa shape index (κ2) is 4.22. The van der Waals surface area contributed by atoms with E-state index in [1.165, 1.54) is 32.1 Å². The largest absolute Gasteiger partial charge is 0.311 e. The van der Waals surface area contributed by atoms with Crippen LogP contribution in [-0.4, -0.2) is 12.1 Å². The fourth-order valence-corrected chi connectivity index (χ4v) is 3.09. The van der Waals surface area contributed by atoms with Gasteiger partial charge in [-0.3, -0.25) is 0 Å². The molecule has 0 bridgehead atoms. The Hall–Kier alpha value is -0.0400. The van der Waals surface area contributed by atoms with Gasteiger partial charge >= 0.3 is 0 Å². The summed E-state index contributed by atoms with van der Waals surface area (Å²) in [5.41, 5.74) is 0. The molecule has 1 heteroatoms. The summed E-state index contributed by atoms with van der Waals surface area (Å²) in [5.74, 6) is 2.86. The molecule has 0 aromatic rings. The Morgan fingerprint density at radius 3 is 2.43 bits per heavy atom. The van der Waals surface area contributed by atoms with Crippen LogP contribution in [0.3, 0.4) is 0 Å². The molecule has 2 rings (SSSR count). The molecule has 2 fully saturated rings. The van der Waals surface area contributed by atoms with Crippen molar-refractivity contribution in [2.45, 2.75) is 65.0 Å². The lowest BCUT2D eigenvalue weighted by Gasteiger charge is -2.33. The third-order valence-electron chi connectivity index (χ3n) is 4.31. The van der Waals surface area contributed by atoms with Crippen molar-refractivity contribution in [3.05, 3.63) is 0 Å². The standard InChI is InChI=1S/C13H25N/c1-4-11-8-13(11)14-12-6-5-9(2)7-10(12)3/h9-14H,4-8H2,1-3H3. The van der Waals surface area contributed by atoms with Crippen molar-refractivity contribution >= 4 is 0 Å². The molecule has 0 amide bonds. The molecule has 1 nitrogen and oxygen atoms in total. The first-order valence-electron chi connectivity index (χ1n) is 6.46. The highest BCUT2D eigenvalue weighted by Gasteiger charge is 2.38. The molecule has 0 spiro atoms. The van der Waals surface area contributed by atoms with Crippen LogP contribution in [0.15, 0.2) is 0 Å². The summed E-state index contributed by atoms with van der Waals surface area (Å²) in [6, 6.07) is 1.70. The first kappa shape index (κ1) is 10.5. The third-order valence-corrected chi connectivity index (χ3v) is 4.31. The van der Waals surface area contributed by atoms with Gasteiger partial charge in [0.1, 0.15) is 0 Å². The molecule has 0 saturated heterocycles. The van der Waals surface area contributed by atoms with Gasteiger partial charge in [0.25, 0.3) is 0 Å². The van der Waals surface area contributed by atoms with Gasteiger partial charge in [-0.1, -0.05) is 27.2 Å². The van der Waals surface area contributed by atoms with Crippen LogP contribution in [0.25, 0.3) is 0 Å². The molecule has 5 atom stereocenters. The first-order valence-corrected chi connectivity index (χ1v) is 6.46. The van der Waals surface area contributed by atoms with Crippen LogP contribution in [0.4, 0.5) is 0 Å². The van der Waals surface area contributed by atoms with Crippen molar-refractivity contribution in [1.29, 1.82) is 0 Å². The minimum atomic E-state index is 0.827. The topological polar surface area (TPSA) is 12.0 Å². The van der Waals surface area contributed by atoms with E-state index in [-0.39, 0.29) is 0 Å². The van der Waals surface area contributed by atoms with Crippen molar-refractivity contribution in [2.24, 2.45) is 17.8 Å². The van der Waals surface area contributed by atoms with Crippen molar-refractivity contribution < 1.29 is 0 Å². The molecule has 2 saturated carbocycles. The average Bonchev–Trinajstić information content (AvgIpc) is 2.89. The summed E-state index contributed by atoms with van der Waals surface area (Å²) in [4.78, 5) is 0. The Bertz CT molecular complexity index is 190. The highest BCUT2D eigenvalue weighted by Crippen LogP contribution is 2.36. The molecule has 14 heavy (non-hydrogen) atoms. The maximum atomic E-state index is 3.86. The molecule has 2 aliphatic carbocycles. The average molecular weight is 195 g/mol. The van der Waals surface area contributed by atoms with Crippen LogP contribution in [0.1, 0.15) is 52.9 Å². The van der Waals surface area contributed by atoms with E-state index in [0.717, 1.165) is 29.8 Å². The fraction of sp³-hybridized carbons (Fsp3) is 1.00. The SMILES string of the molecule is CCC1CC1NC1CCC(C)CC1C. The molecular weight excluding hydrogens is 170 g/mol. The monoisotopic (exact) mass is 195 g/mol. The summed E-state index contributed by atoms with van der Waals surface area (Å²) in [5, 5.41) is 3.86. The van der Waals surface area contributed by atoms with Crippen LogP contribution in [0.2, 0.25) is 0 Å². The number of nitrogens with one attached hydrogen (secondary N) is 1. The van der Waals surface area contributed by atoms with Gasteiger partial charge in [0, 0.05) is 12.1 Å². The Balaban J connectivity index is 1.75. The van der Waals surface area contributed by atoms with Gasteiger partial charge in [0.05, 0.1) is 0 Å².